The van der Waals surface area contributed by atoms with Gasteiger partial charge in [-0.3, -0.25) is 20.2 Å². The molecule has 136 valence electrons. The number of methoxy groups -OCH3 is 1. The fourth-order valence-corrected chi connectivity index (χ4v) is 2.82. The Balaban J connectivity index is 2.53. The zero-order chi connectivity index (χ0) is 19.3. The largest absolute Gasteiger partial charge is 0.496 e. The van der Waals surface area contributed by atoms with Crippen molar-refractivity contribution in [2.75, 3.05) is 7.11 Å². The second kappa shape index (κ2) is 8.32. The maximum atomic E-state index is 11.3. The van der Waals surface area contributed by atoms with E-state index in [2.05, 4.69) is 0 Å². The summed E-state index contributed by atoms with van der Waals surface area (Å²) in [4.78, 5) is 21.2. The van der Waals surface area contributed by atoms with Gasteiger partial charge in [-0.05, 0) is 24.3 Å². The Bertz CT molecular complexity index is 911. The third-order valence-electron chi connectivity index (χ3n) is 3.48. The molecule has 2 aromatic rings. The fraction of sp³-hybridized carbons (Fsp3) is 0.125. The third kappa shape index (κ3) is 4.49. The van der Waals surface area contributed by atoms with Crippen molar-refractivity contribution < 1.29 is 23.3 Å². The van der Waals surface area contributed by atoms with E-state index in [1.807, 2.05) is 0 Å². The average molecular weight is 378 g/mol. The summed E-state index contributed by atoms with van der Waals surface area (Å²) in [5, 5.41) is 22.4. The van der Waals surface area contributed by atoms with Gasteiger partial charge >= 0.3 is 0 Å². The first-order chi connectivity index (χ1) is 12.3. The van der Waals surface area contributed by atoms with E-state index < -0.39 is 20.9 Å². The lowest BCUT2D eigenvalue weighted by Gasteiger charge is -2.09. The smallest absolute Gasteiger partial charge is 0.277 e. The predicted molar refractivity (Wildman–Crippen MR) is 96.1 cm³/mol. The SMILES string of the molecule is COc1cc(/C=C/c2ccccc2[N+](=O)[O-])c([N+](=O)[O-])cc1CS(=O)O. The summed E-state index contributed by atoms with van der Waals surface area (Å²) in [5.74, 6) is -0.113. The molecule has 0 aromatic heterocycles. The van der Waals surface area contributed by atoms with Gasteiger partial charge in [0.1, 0.15) is 5.75 Å². The summed E-state index contributed by atoms with van der Waals surface area (Å²) in [6, 6.07) is 8.49. The first kappa shape index (κ1) is 19.2. The molecule has 0 bridgehead atoms. The number of ether oxygens (including phenoxy) is 1. The molecule has 2 aromatic carbocycles. The van der Waals surface area contributed by atoms with Gasteiger partial charge < -0.3 is 9.29 Å². The highest BCUT2D eigenvalue weighted by Gasteiger charge is 2.19. The Labute approximate surface area is 150 Å². The van der Waals surface area contributed by atoms with Crippen molar-refractivity contribution in [2.45, 2.75) is 5.75 Å². The minimum atomic E-state index is -2.19. The van der Waals surface area contributed by atoms with Crippen LogP contribution in [0, 0.1) is 20.2 Å². The van der Waals surface area contributed by atoms with E-state index in [1.54, 1.807) is 6.07 Å². The Morgan fingerprint density at radius 3 is 2.27 bits per heavy atom. The zero-order valence-electron chi connectivity index (χ0n) is 13.5. The first-order valence-electron chi connectivity index (χ1n) is 7.17. The van der Waals surface area contributed by atoms with Crippen LogP contribution in [0.2, 0.25) is 0 Å². The summed E-state index contributed by atoms with van der Waals surface area (Å²) in [6.45, 7) is 0. The molecular formula is C16H14N2O7S. The van der Waals surface area contributed by atoms with Gasteiger partial charge in [-0.2, -0.15) is 0 Å². The summed E-state index contributed by atoms with van der Waals surface area (Å²) < 4.78 is 25.2. The molecule has 0 aliphatic heterocycles. The molecule has 0 aliphatic rings. The highest BCUT2D eigenvalue weighted by molar-refractivity contribution is 7.78. The maximum absolute atomic E-state index is 11.3. The molecule has 26 heavy (non-hydrogen) atoms. The number of nitro groups is 2. The van der Waals surface area contributed by atoms with Crippen LogP contribution in [0.3, 0.4) is 0 Å². The van der Waals surface area contributed by atoms with E-state index in [4.69, 9.17) is 9.29 Å². The van der Waals surface area contributed by atoms with Crippen molar-refractivity contribution in [1.82, 2.24) is 0 Å². The molecule has 0 fully saturated rings. The highest BCUT2D eigenvalue weighted by Crippen LogP contribution is 2.31. The van der Waals surface area contributed by atoms with Crippen LogP contribution in [0.4, 0.5) is 11.4 Å². The molecule has 0 heterocycles. The Morgan fingerprint density at radius 2 is 1.69 bits per heavy atom. The topological polar surface area (TPSA) is 133 Å². The van der Waals surface area contributed by atoms with E-state index in [9.17, 15) is 24.4 Å². The fourth-order valence-electron chi connectivity index (χ4n) is 2.33. The first-order valence-corrected chi connectivity index (χ1v) is 8.45. The second-order valence-electron chi connectivity index (χ2n) is 5.10. The molecule has 9 nitrogen and oxygen atoms in total. The number of nitrogens with zero attached hydrogens (tertiary/aromatic N) is 2. The monoisotopic (exact) mass is 378 g/mol. The van der Waals surface area contributed by atoms with Crippen molar-refractivity contribution in [3.05, 3.63) is 73.3 Å². The molecular weight excluding hydrogens is 364 g/mol. The molecule has 1 atom stereocenters. The molecule has 0 aliphatic carbocycles. The molecule has 0 amide bonds. The van der Waals surface area contributed by atoms with Crippen molar-refractivity contribution in [1.29, 1.82) is 0 Å². The van der Waals surface area contributed by atoms with Crippen LogP contribution in [0.25, 0.3) is 12.2 Å². The molecule has 1 N–H and O–H groups in total. The lowest BCUT2D eigenvalue weighted by molar-refractivity contribution is -0.385. The lowest BCUT2D eigenvalue weighted by atomic mass is 10.1. The van der Waals surface area contributed by atoms with Gasteiger partial charge in [-0.25, -0.2) is 4.21 Å². The van der Waals surface area contributed by atoms with Gasteiger partial charge in [0, 0.05) is 17.7 Å². The minimum Gasteiger partial charge on any atom is -0.496 e. The molecule has 0 saturated carbocycles. The van der Waals surface area contributed by atoms with Crippen molar-refractivity contribution >= 4 is 34.6 Å². The average Bonchev–Trinajstić information content (AvgIpc) is 2.59. The number of hydrogen-bond donors (Lipinski definition) is 1. The van der Waals surface area contributed by atoms with Crippen LogP contribution >= 0.6 is 0 Å². The van der Waals surface area contributed by atoms with E-state index in [-0.39, 0.29) is 39.6 Å². The lowest BCUT2D eigenvalue weighted by Crippen LogP contribution is -2.01. The van der Waals surface area contributed by atoms with Crippen molar-refractivity contribution in [3.63, 3.8) is 0 Å². The number of nitro benzene ring substituents is 2. The van der Waals surface area contributed by atoms with Crippen LogP contribution in [0.5, 0.6) is 5.75 Å². The summed E-state index contributed by atoms with van der Waals surface area (Å²) in [6.07, 6.45) is 2.76. The molecule has 10 heteroatoms. The van der Waals surface area contributed by atoms with E-state index in [1.165, 1.54) is 43.5 Å². The maximum Gasteiger partial charge on any atom is 0.277 e. The van der Waals surface area contributed by atoms with Gasteiger partial charge in [0.2, 0.25) is 0 Å². The summed E-state index contributed by atoms with van der Waals surface area (Å²) in [5.41, 5.74) is 0.207. The van der Waals surface area contributed by atoms with Crippen LogP contribution in [-0.2, 0) is 16.8 Å². The van der Waals surface area contributed by atoms with Crippen LogP contribution in [-0.4, -0.2) is 25.7 Å². The molecule has 0 radical (unpaired) electrons. The van der Waals surface area contributed by atoms with Crippen molar-refractivity contribution in [3.8, 4) is 5.75 Å². The highest BCUT2D eigenvalue weighted by atomic mass is 32.2. The molecule has 0 spiro atoms. The standard InChI is InChI=1S/C16H14N2O7S/c1-25-16-9-12(15(18(21)22)8-13(16)10-26(23)24)7-6-11-4-2-3-5-14(11)17(19)20/h2-9H,10H2,1H3,(H,23,24)/b7-6+. The normalized spacial score (nSPS) is 12.1. The van der Waals surface area contributed by atoms with Gasteiger partial charge in [0.05, 0.1) is 33.8 Å². The third-order valence-corrected chi connectivity index (χ3v) is 4.04. The van der Waals surface area contributed by atoms with Crippen LogP contribution < -0.4 is 4.74 Å². The Hall–Kier alpha value is -3.11. The zero-order valence-corrected chi connectivity index (χ0v) is 14.3. The van der Waals surface area contributed by atoms with Gasteiger partial charge in [-0.1, -0.05) is 12.1 Å². The van der Waals surface area contributed by atoms with Crippen LogP contribution in [0.15, 0.2) is 36.4 Å². The van der Waals surface area contributed by atoms with E-state index >= 15 is 0 Å². The quantitative estimate of drug-likeness (QED) is 0.338. The van der Waals surface area contributed by atoms with Crippen molar-refractivity contribution in [2.24, 2.45) is 0 Å². The Kier molecular flexibility index (Phi) is 6.15. The van der Waals surface area contributed by atoms with Crippen LogP contribution in [0.1, 0.15) is 16.7 Å². The second-order valence-corrected chi connectivity index (χ2v) is 6.03. The molecule has 0 saturated heterocycles. The summed E-state index contributed by atoms with van der Waals surface area (Å²) >= 11 is -2.19. The number of hydrogen-bond acceptors (Lipinski definition) is 6. The summed E-state index contributed by atoms with van der Waals surface area (Å²) in [7, 11) is 1.33. The van der Waals surface area contributed by atoms with E-state index in [0.29, 0.717) is 0 Å². The Morgan fingerprint density at radius 1 is 1.08 bits per heavy atom. The molecule has 1 unspecified atom stereocenters. The van der Waals surface area contributed by atoms with E-state index in [0.717, 1.165) is 6.07 Å². The minimum absolute atomic E-state index is 0.134. The predicted octanol–water partition coefficient (Wildman–Crippen LogP) is 3.40. The van der Waals surface area contributed by atoms with Gasteiger partial charge in [0.25, 0.3) is 11.4 Å². The number of para-hydroxylation sites is 1. The molecule has 2 rings (SSSR count). The van der Waals surface area contributed by atoms with Gasteiger partial charge in [-0.15, -0.1) is 0 Å². The number of benzene rings is 2. The number of rotatable bonds is 7. The van der Waals surface area contributed by atoms with Gasteiger partial charge in [0.15, 0.2) is 11.1 Å².